The Morgan fingerprint density at radius 1 is 1.11 bits per heavy atom. The Kier molecular flexibility index (Phi) is 8.86. The second-order valence-corrected chi connectivity index (χ2v) is 10.8. The monoisotopic (exact) mass is 574 g/mol. The fourth-order valence-electron chi connectivity index (χ4n) is 3.48. The topological polar surface area (TPSA) is 102 Å². The van der Waals surface area contributed by atoms with E-state index in [-0.39, 0.29) is 17.6 Å². The quantitative estimate of drug-likeness (QED) is 0.229. The van der Waals surface area contributed by atoms with E-state index in [4.69, 9.17) is 23.2 Å². The minimum absolute atomic E-state index is 0.140. The number of hydrogen-bond donors (Lipinski definition) is 2. The number of carbonyl (C=O) groups excluding carboxylic acids is 2. The molecule has 2 N–H and O–H groups in total. The van der Waals surface area contributed by atoms with Crippen LogP contribution >= 0.6 is 46.3 Å². The van der Waals surface area contributed by atoms with Crippen LogP contribution in [0, 0.1) is 6.92 Å². The van der Waals surface area contributed by atoms with Gasteiger partial charge in [0.15, 0.2) is 16.1 Å². The van der Waals surface area contributed by atoms with E-state index in [9.17, 15) is 9.59 Å². The van der Waals surface area contributed by atoms with Gasteiger partial charge < -0.3 is 15.2 Å². The molecular formula is C25H24Cl2N6O2S2. The molecule has 192 valence electrons. The standard InChI is InChI=1S/C25H24Cl2N6O2S2/c1-4-33-22(15(3)28-23(35)17-9-10-18(26)19(27)11-17)31-32-25(33)37-13-21(34)30-24-29-20(12-36-24)16-7-5-14(2)6-8-16/h5-12,15H,4,13H2,1-3H3,(H,28,35)(H,29,30,34)/t15-/m0/s1. The van der Waals surface area contributed by atoms with Crippen LogP contribution < -0.4 is 10.6 Å². The highest BCUT2D eigenvalue weighted by molar-refractivity contribution is 7.99. The molecule has 0 fully saturated rings. The smallest absolute Gasteiger partial charge is 0.251 e. The summed E-state index contributed by atoms with van der Waals surface area (Å²) in [7, 11) is 0. The van der Waals surface area contributed by atoms with Gasteiger partial charge >= 0.3 is 0 Å². The summed E-state index contributed by atoms with van der Waals surface area (Å²) >= 11 is 14.6. The van der Waals surface area contributed by atoms with Crippen molar-refractivity contribution in [3.63, 3.8) is 0 Å². The predicted molar refractivity (Wildman–Crippen MR) is 150 cm³/mol. The first-order chi connectivity index (χ1) is 17.7. The molecule has 0 bridgehead atoms. The largest absolute Gasteiger partial charge is 0.342 e. The van der Waals surface area contributed by atoms with Crippen molar-refractivity contribution < 1.29 is 9.59 Å². The highest BCUT2D eigenvalue weighted by atomic mass is 35.5. The van der Waals surface area contributed by atoms with Crippen LogP contribution in [-0.4, -0.2) is 37.3 Å². The van der Waals surface area contributed by atoms with Crippen LogP contribution in [0.4, 0.5) is 5.13 Å². The molecule has 0 saturated carbocycles. The van der Waals surface area contributed by atoms with E-state index >= 15 is 0 Å². The van der Waals surface area contributed by atoms with Crippen molar-refractivity contribution in [3.8, 4) is 11.3 Å². The molecule has 1 atom stereocenters. The van der Waals surface area contributed by atoms with Gasteiger partial charge in [0.05, 0.1) is 27.5 Å². The van der Waals surface area contributed by atoms with Gasteiger partial charge in [-0.15, -0.1) is 21.5 Å². The first-order valence-electron chi connectivity index (χ1n) is 11.4. The zero-order chi connectivity index (χ0) is 26.5. The third-order valence-electron chi connectivity index (χ3n) is 5.41. The minimum Gasteiger partial charge on any atom is -0.342 e. The Morgan fingerprint density at radius 2 is 1.86 bits per heavy atom. The molecule has 0 aliphatic heterocycles. The van der Waals surface area contributed by atoms with E-state index in [1.165, 1.54) is 34.7 Å². The van der Waals surface area contributed by atoms with Gasteiger partial charge in [0.2, 0.25) is 5.91 Å². The van der Waals surface area contributed by atoms with Crippen molar-refractivity contribution >= 4 is 63.2 Å². The number of hydrogen-bond acceptors (Lipinski definition) is 7. The van der Waals surface area contributed by atoms with Crippen LogP contribution in [0.5, 0.6) is 0 Å². The molecule has 0 spiro atoms. The van der Waals surface area contributed by atoms with Crippen LogP contribution in [0.25, 0.3) is 11.3 Å². The lowest BCUT2D eigenvalue weighted by molar-refractivity contribution is -0.113. The van der Waals surface area contributed by atoms with Crippen molar-refractivity contribution in [2.24, 2.45) is 0 Å². The molecule has 0 saturated heterocycles. The number of halogens is 2. The van der Waals surface area contributed by atoms with E-state index < -0.39 is 6.04 Å². The Hall–Kier alpha value is -2.92. The van der Waals surface area contributed by atoms with Gasteiger partial charge in [0, 0.05) is 23.1 Å². The molecule has 0 aliphatic rings. The average molecular weight is 576 g/mol. The van der Waals surface area contributed by atoms with Crippen LogP contribution in [0.15, 0.2) is 53.0 Å². The maximum Gasteiger partial charge on any atom is 0.251 e. The molecular weight excluding hydrogens is 551 g/mol. The molecule has 2 heterocycles. The summed E-state index contributed by atoms with van der Waals surface area (Å²) in [6.45, 7) is 6.38. The zero-order valence-electron chi connectivity index (χ0n) is 20.3. The number of rotatable bonds is 9. The van der Waals surface area contributed by atoms with Gasteiger partial charge in [-0.05, 0) is 39.0 Å². The number of thioether (sulfide) groups is 1. The number of anilines is 1. The maximum absolute atomic E-state index is 12.7. The molecule has 12 heteroatoms. The maximum atomic E-state index is 12.7. The van der Waals surface area contributed by atoms with E-state index in [1.54, 1.807) is 12.1 Å². The fourth-order valence-corrected chi connectivity index (χ4v) is 5.32. The van der Waals surface area contributed by atoms with Crippen molar-refractivity contribution in [2.45, 2.75) is 38.5 Å². The van der Waals surface area contributed by atoms with Crippen molar-refractivity contribution in [3.05, 3.63) is 74.8 Å². The fraction of sp³-hybridized carbons (Fsp3) is 0.240. The summed E-state index contributed by atoms with van der Waals surface area (Å²) in [5.74, 6) is 0.227. The molecule has 0 aliphatic carbocycles. The summed E-state index contributed by atoms with van der Waals surface area (Å²) in [5.41, 5.74) is 3.39. The first-order valence-corrected chi connectivity index (χ1v) is 14.0. The van der Waals surface area contributed by atoms with E-state index in [1.807, 2.05) is 55.0 Å². The third kappa shape index (κ3) is 6.70. The molecule has 2 aromatic carbocycles. The number of amides is 2. The first kappa shape index (κ1) is 27.1. The highest BCUT2D eigenvalue weighted by Crippen LogP contribution is 2.27. The van der Waals surface area contributed by atoms with Gasteiger partial charge in [0.25, 0.3) is 5.91 Å². The number of benzene rings is 2. The second-order valence-electron chi connectivity index (χ2n) is 8.15. The number of thiazole rings is 1. The molecule has 2 aromatic heterocycles. The molecule has 0 unspecified atom stereocenters. The minimum atomic E-state index is -0.423. The van der Waals surface area contributed by atoms with Gasteiger partial charge in [-0.25, -0.2) is 4.98 Å². The van der Waals surface area contributed by atoms with Gasteiger partial charge in [-0.3, -0.25) is 9.59 Å². The van der Waals surface area contributed by atoms with Crippen molar-refractivity contribution in [1.29, 1.82) is 0 Å². The van der Waals surface area contributed by atoms with Crippen LogP contribution in [0.3, 0.4) is 0 Å². The summed E-state index contributed by atoms with van der Waals surface area (Å²) in [6.07, 6.45) is 0. The molecule has 4 aromatic rings. The molecule has 2 amide bonds. The number of carbonyl (C=O) groups is 2. The summed E-state index contributed by atoms with van der Waals surface area (Å²) in [6, 6.07) is 12.3. The third-order valence-corrected chi connectivity index (χ3v) is 7.87. The lowest BCUT2D eigenvalue weighted by Crippen LogP contribution is -2.28. The van der Waals surface area contributed by atoms with Crippen LogP contribution in [0.2, 0.25) is 10.0 Å². The average Bonchev–Trinajstić information content (AvgIpc) is 3.51. The highest BCUT2D eigenvalue weighted by Gasteiger charge is 2.21. The van der Waals surface area contributed by atoms with Crippen molar-refractivity contribution in [1.82, 2.24) is 25.1 Å². The molecule has 4 rings (SSSR count). The van der Waals surface area contributed by atoms with Crippen molar-refractivity contribution in [2.75, 3.05) is 11.1 Å². The summed E-state index contributed by atoms with van der Waals surface area (Å²) in [5, 5.41) is 18.0. The van der Waals surface area contributed by atoms with Gasteiger partial charge in [-0.1, -0.05) is 64.8 Å². The zero-order valence-corrected chi connectivity index (χ0v) is 23.4. The summed E-state index contributed by atoms with van der Waals surface area (Å²) in [4.78, 5) is 29.7. The van der Waals surface area contributed by atoms with Gasteiger partial charge in [-0.2, -0.15) is 0 Å². The number of nitrogens with one attached hydrogen (secondary N) is 2. The summed E-state index contributed by atoms with van der Waals surface area (Å²) < 4.78 is 1.87. The lowest BCUT2D eigenvalue weighted by atomic mass is 10.1. The van der Waals surface area contributed by atoms with Crippen LogP contribution in [-0.2, 0) is 11.3 Å². The second kappa shape index (κ2) is 12.1. The predicted octanol–water partition coefficient (Wildman–Crippen LogP) is 6.26. The number of aromatic nitrogens is 4. The SMILES string of the molecule is CCn1c(SCC(=O)Nc2nc(-c3ccc(C)cc3)cs2)nnc1[C@H](C)NC(=O)c1ccc(Cl)c(Cl)c1. The number of nitrogens with zero attached hydrogens (tertiary/aromatic N) is 4. The lowest BCUT2D eigenvalue weighted by Gasteiger charge is -2.15. The Labute approximate surface area is 232 Å². The Morgan fingerprint density at radius 3 is 2.57 bits per heavy atom. The molecule has 37 heavy (non-hydrogen) atoms. The molecule has 0 radical (unpaired) electrons. The normalized spacial score (nSPS) is 11.8. The number of aryl methyl sites for hydroxylation is 1. The van der Waals surface area contributed by atoms with E-state index in [0.717, 1.165) is 11.3 Å². The van der Waals surface area contributed by atoms with Gasteiger partial charge in [0.1, 0.15) is 0 Å². The van der Waals surface area contributed by atoms with E-state index in [0.29, 0.717) is 38.3 Å². The van der Waals surface area contributed by atoms with E-state index in [2.05, 4.69) is 25.8 Å². The Bertz CT molecular complexity index is 1420. The molecule has 8 nitrogen and oxygen atoms in total. The Balaban J connectivity index is 1.35. The van der Waals surface area contributed by atoms with Crippen LogP contribution in [0.1, 0.15) is 41.6 Å².